The zero-order valence-corrected chi connectivity index (χ0v) is 13.5. The van der Waals surface area contributed by atoms with Gasteiger partial charge in [-0.1, -0.05) is 12.1 Å². The van der Waals surface area contributed by atoms with E-state index in [1.165, 1.54) is 12.1 Å². The van der Waals surface area contributed by atoms with E-state index in [9.17, 15) is 4.39 Å². The number of nitrogens with zero attached hydrogens (tertiary/aromatic N) is 4. The summed E-state index contributed by atoms with van der Waals surface area (Å²) in [6, 6.07) is 9.08. The minimum Gasteiger partial charge on any atom is -0.366 e. The quantitative estimate of drug-likeness (QED) is 0.918. The molecule has 5 nitrogen and oxygen atoms in total. The summed E-state index contributed by atoms with van der Waals surface area (Å²) in [4.78, 5) is 12.9. The van der Waals surface area contributed by atoms with Gasteiger partial charge in [-0.3, -0.25) is 4.90 Å². The van der Waals surface area contributed by atoms with Crippen LogP contribution in [0.5, 0.6) is 0 Å². The summed E-state index contributed by atoms with van der Waals surface area (Å²) in [5, 5.41) is 3.48. The van der Waals surface area contributed by atoms with Crippen molar-refractivity contribution in [2.45, 2.75) is 19.0 Å². The Kier molecular flexibility index (Phi) is 4.71. The van der Waals surface area contributed by atoms with Gasteiger partial charge in [-0.05, 0) is 24.1 Å². The minimum atomic E-state index is -0.185. The molecular weight excluding hydrogens is 293 g/mol. The van der Waals surface area contributed by atoms with Gasteiger partial charge in [0.25, 0.3) is 0 Å². The summed E-state index contributed by atoms with van der Waals surface area (Å²) in [5.41, 5.74) is 1.14. The summed E-state index contributed by atoms with van der Waals surface area (Å²) in [5.74, 6) is 1.57. The van der Waals surface area contributed by atoms with Crippen molar-refractivity contribution in [3.63, 3.8) is 0 Å². The van der Waals surface area contributed by atoms with Crippen LogP contribution in [-0.2, 0) is 6.54 Å². The SMILES string of the molecule is CN(C)c1cc(NC2CCN(Cc3ccc(F)cc3)C2)ncn1. The van der Waals surface area contributed by atoms with E-state index in [4.69, 9.17) is 0 Å². The predicted molar refractivity (Wildman–Crippen MR) is 90.1 cm³/mol. The van der Waals surface area contributed by atoms with Gasteiger partial charge in [0.15, 0.2) is 0 Å². The van der Waals surface area contributed by atoms with E-state index in [1.54, 1.807) is 6.33 Å². The Labute approximate surface area is 136 Å². The second-order valence-corrected chi connectivity index (χ2v) is 6.15. The zero-order chi connectivity index (χ0) is 16.2. The van der Waals surface area contributed by atoms with Gasteiger partial charge in [-0.2, -0.15) is 0 Å². The molecule has 1 unspecified atom stereocenters. The van der Waals surface area contributed by atoms with Gasteiger partial charge < -0.3 is 10.2 Å². The lowest BCUT2D eigenvalue weighted by Crippen LogP contribution is -2.26. The molecule has 0 saturated carbocycles. The molecule has 1 atom stereocenters. The maximum absolute atomic E-state index is 13.0. The molecule has 6 heteroatoms. The fraction of sp³-hybridized carbons (Fsp3) is 0.412. The topological polar surface area (TPSA) is 44.3 Å². The molecule has 0 bridgehead atoms. The highest BCUT2D eigenvalue weighted by molar-refractivity contribution is 5.48. The third-order valence-corrected chi connectivity index (χ3v) is 4.05. The summed E-state index contributed by atoms with van der Waals surface area (Å²) in [6.45, 7) is 2.84. The Morgan fingerprint density at radius 3 is 2.78 bits per heavy atom. The normalized spacial score (nSPS) is 18.1. The van der Waals surface area contributed by atoms with Crippen LogP contribution in [0.2, 0.25) is 0 Å². The number of hydrogen-bond donors (Lipinski definition) is 1. The molecule has 0 radical (unpaired) electrons. The van der Waals surface area contributed by atoms with E-state index < -0.39 is 0 Å². The standard InChI is InChI=1S/C17H22FN5/c1-22(2)17-9-16(19-12-20-17)21-15-7-8-23(11-15)10-13-3-5-14(18)6-4-13/h3-6,9,12,15H,7-8,10-11H2,1-2H3,(H,19,20,21). The van der Waals surface area contributed by atoms with Crippen LogP contribution in [0.25, 0.3) is 0 Å². The smallest absolute Gasteiger partial charge is 0.133 e. The molecule has 1 N–H and O–H groups in total. The first-order valence-electron chi connectivity index (χ1n) is 7.83. The molecule has 1 aliphatic rings. The number of aromatic nitrogens is 2. The molecule has 0 amide bonds. The van der Waals surface area contributed by atoms with Gasteiger partial charge in [-0.25, -0.2) is 14.4 Å². The largest absolute Gasteiger partial charge is 0.366 e. The molecule has 1 aliphatic heterocycles. The van der Waals surface area contributed by atoms with Crippen molar-refractivity contribution in [2.75, 3.05) is 37.4 Å². The highest BCUT2D eigenvalue weighted by Crippen LogP contribution is 2.18. The van der Waals surface area contributed by atoms with Crippen LogP contribution in [0, 0.1) is 5.82 Å². The predicted octanol–water partition coefficient (Wildman–Crippen LogP) is 2.37. The molecule has 1 aromatic carbocycles. The van der Waals surface area contributed by atoms with Crippen LogP contribution < -0.4 is 10.2 Å². The van der Waals surface area contributed by atoms with Gasteiger partial charge in [-0.15, -0.1) is 0 Å². The Bertz CT molecular complexity index is 644. The van der Waals surface area contributed by atoms with Gasteiger partial charge in [0.2, 0.25) is 0 Å². The molecule has 0 aliphatic carbocycles. The Morgan fingerprint density at radius 1 is 1.26 bits per heavy atom. The number of halogens is 1. The molecule has 0 spiro atoms. The lowest BCUT2D eigenvalue weighted by Gasteiger charge is -2.18. The summed E-state index contributed by atoms with van der Waals surface area (Å²) >= 11 is 0. The molecule has 1 saturated heterocycles. The van der Waals surface area contributed by atoms with Gasteiger partial charge in [0.1, 0.15) is 23.8 Å². The molecule has 3 rings (SSSR count). The van der Waals surface area contributed by atoms with Crippen molar-refractivity contribution in [1.82, 2.24) is 14.9 Å². The molecule has 2 aromatic rings. The maximum Gasteiger partial charge on any atom is 0.133 e. The van der Waals surface area contributed by atoms with Crippen LogP contribution in [0.3, 0.4) is 0 Å². The number of nitrogens with one attached hydrogen (secondary N) is 1. The Morgan fingerprint density at radius 2 is 2.04 bits per heavy atom. The van der Waals surface area contributed by atoms with Crippen LogP contribution in [0.1, 0.15) is 12.0 Å². The fourth-order valence-electron chi connectivity index (χ4n) is 2.82. The van der Waals surface area contributed by atoms with Crippen LogP contribution >= 0.6 is 0 Å². The third-order valence-electron chi connectivity index (χ3n) is 4.05. The van der Waals surface area contributed by atoms with E-state index in [0.717, 1.165) is 43.3 Å². The van der Waals surface area contributed by atoms with Gasteiger partial charge in [0.05, 0.1) is 0 Å². The molecule has 2 heterocycles. The average Bonchev–Trinajstić information content (AvgIpc) is 2.97. The highest BCUT2D eigenvalue weighted by atomic mass is 19.1. The van der Waals surface area contributed by atoms with Crippen molar-refractivity contribution < 1.29 is 4.39 Å². The first kappa shape index (κ1) is 15.7. The van der Waals surface area contributed by atoms with E-state index in [1.807, 2.05) is 37.2 Å². The molecule has 1 fully saturated rings. The van der Waals surface area contributed by atoms with Gasteiger partial charge >= 0.3 is 0 Å². The van der Waals surface area contributed by atoms with Crippen molar-refractivity contribution in [3.8, 4) is 0 Å². The van der Waals surface area contributed by atoms with Crippen molar-refractivity contribution in [3.05, 3.63) is 48.0 Å². The number of hydrogen-bond acceptors (Lipinski definition) is 5. The Balaban J connectivity index is 1.55. The van der Waals surface area contributed by atoms with Crippen molar-refractivity contribution in [1.29, 1.82) is 0 Å². The summed E-state index contributed by atoms with van der Waals surface area (Å²) in [6.07, 6.45) is 2.66. The van der Waals surface area contributed by atoms with E-state index in [0.29, 0.717) is 6.04 Å². The van der Waals surface area contributed by atoms with Crippen molar-refractivity contribution >= 4 is 11.6 Å². The Hall–Kier alpha value is -2.21. The van der Waals surface area contributed by atoms with E-state index >= 15 is 0 Å². The first-order valence-corrected chi connectivity index (χ1v) is 7.83. The maximum atomic E-state index is 13.0. The van der Waals surface area contributed by atoms with Crippen LogP contribution in [-0.4, -0.2) is 48.1 Å². The number of anilines is 2. The average molecular weight is 315 g/mol. The number of rotatable bonds is 5. The van der Waals surface area contributed by atoms with E-state index in [-0.39, 0.29) is 5.82 Å². The molecular formula is C17H22FN5. The number of benzene rings is 1. The van der Waals surface area contributed by atoms with Crippen LogP contribution in [0.15, 0.2) is 36.7 Å². The molecule has 1 aromatic heterocycles. The summed E-state index contributed by atoms with van der Waals surface area (Å²) < 4.78 is 13.0. The monoisotopic (exact) mass is 315 g/mol. The van der Waals surface area contributed by atoms with E-state index in [2.05, 4.69) is 20.2 Å². The minimum absolute atomic E-state index is 0.185. The second kappa shape index (κ2) is 6.91. The molecule has 23 heavy (non-hydrogen) atoms. The third kappa shape index (κ3) is 4.16. The number of likely N-dealkylation sites (tertiary alicyclic amines) is 1. The highest BCUT2D eigenvalue weighted by Gasteiger charge is 2.22. The second-order valence-electron chi connectivity index (χ2n) is 6.15. The molecule has 122 valence electrons. The zero-order valence-electron chi connectivity index (χ0n) is 13.5. The van der Waals surface area contributed by atoms with Gasteiger partial charge in [0, 0.05) is 45.8 Å². The lowest BCUT2D eigenvalue weighted by molar-refractivity contribution is 0.328. The fourth-order valence-corrected chi connectivity index (χ4v) is 2.82. The van der Waals surface area contributed by atoms with Crippen molar-refractivity contribution in [2.24, 2.45) is 0 Å². The van der Waals surface area contributed by atoms with Crippen LogP contribution in [0.4, 0.5) is 16.0 Å². The summed E-state index contributed by atoms with van der Waals surface area (Å²) in [7, 11) is 3.93. The first-order chi connectivity index (χ1) is 11.1. The lowest BCUT2D eigenvalue weighted by atomic mass is 10.2.